The molecule has 0 amide bonds. The molecule has 10 aromatic rings. The molecule has 0 N–H and O–H groups in total. The highest BCUT2D eigenvalue weighted by atomic mass is 16.5. The van der Waals surface area contributed by atoms with Crippen molar-refractivity contribution in [2.75, 3.05) is 0 Å². The molecule has 2 aromatic carbocycles. The molecule has 8 heterocycles. The molecule has 0 fully saturated rings. The van der Waals surface area contributed by atoms with Crippen molar-refractivity contribution < 1.29 is 22.6 Å². The molecule has 8 aromatic heterocycles. The lowest BCUT2D eigenvalue weighted by molar-refractivity contribution is 0.434. The van der Waals surface area contributed by atoms with Crippen LogP contribution in [-0.2, 0) is 0 Å². The van der Waals surface area contributed by atoms with Crippen LogP contribution in [0.5, 0.6) is 0 Å². The average molecular weight is 809 g/mol. The Bertz CT molecular complexity index is 2410. The molecule has 310 valence electrons. The Labute approximate surface area is 348 Å². The van der Waals surface area contributed by atoms with E-state index >= 15 is 0 Å². The van der Waals surface area contributed by atoms with Crippen LogP contribution in [0.4, 0.5) is 0 Å². The maximum absolute atomic E-state index is 5.16. The van der Waals surface area contributed by atoms with Crippen molar-refractivity contribution in [2.24, 2.45) is 0 Å². The van der Waals surface area contributed by atoms with Gasteiger partial charge in [0.2, 0.25) is 0 Å². The first-order valence-electron chi connectivity index (χ1n) is 20.2. The molecule has 60 heavy (non-hydrogen) atoms. The van der Waals surface area contributed by atoms with Crippen LogP contribution in [-0.4, -0.2) is 40.7 Å². The summed E-state index contributed by atoms with van der Waals surface area (Å²) >= 11 is 0. The van der Waals surface area contributed by atoms with Crippen molar-refractivity contribution in [1.29, 1.82) is 0 Å². The summed E-state index contributed by atoms with van der Waals surface area (Å²) in [6.45, 7) is 21.0. The van der Waals surface area contributed by atoms with Gasteiger partial charge in [-0.05, 0) is 72.2 Å². The first kappa shape index (κ1) is 42.8. The Balaban J connectivity index is 0.000000126. The summed E-state index contributed by atoms with van der Waals surface area (Å²) in [6, 6.07) is 25.3. The van der Waals surface area contributed by atoms with Crippen molar-refractivity contribution in [3.05, 3.63) is 132 Å². The van der Waals surface area contributed by atoms with Crippen molar-refractivity contribution in [3.8, 4) is 0 Å². The number of fused-ring (bicyclic) bond motifs is 5. The van der Waals surface area contributed by atoms with Crippen molar-refractivity contribution in [3.63, 3.8) is 0 Å². The molecule has 0 unspecified atom stereocenters. The molecule has 0 bridgehead atoms. The average Bonchev–Trinajstić information content (AvgIpc) is 4.10. The quantitative estimate of drug-likeness (QED) is 0.161. The van der Waals surface area contributed by atoms with Crippen LogP contribution in [0.2, 0.25) is 0 Å². The number of rotatable bonds is 5. The second-order valence-corrected chi connectivity index (χ2v) is 15.7. The fourth-order valence-electron chi connectivity index (χ4n) is 6.25. The third-order valence-electron chi connectivity index (χ3n) is 9.38. The zero-order chi connectivity index (χ0) is 42.8. The zero-order valence-electron chi connectivity index (χ0n) is 35.8. The van der Waals surface area contributed by atoms with Crippen molar-refractivity contribution in [1.82, 2.24) is 40.7 Å². The Morgan fingerprint density at radius 2 is 0.750 bits per heavy atom. The van der Waals surface area contributed by atoms with E-state index in [1.807, 2.05) is 78.9 Å². The van der Waals surface area contributed by atoms with E-state index in [2.05, 4.69) is 110 Å². The molecule has 0 saturated carbocycles. The first-order valence-corrected chi connectivity index (χ1v) is 20.2. The van der Waals surface area contributed by atoms with E-state index in [-0.39, 0.29) is 0 Å². The summed E-state index contributed by atoms with van der Waals surface area (Å²) in [5.74, 6) is 1.98. The second kappa shape index (κ2) is 19.8. The van der Waals surface area contributed by atoms with Gasteiger partial charge in [-0.15, -0.1) is 0 Å². The van der Waals surface area contributed by atoms with Crippen LogP contribution in [0.3, 0.4) is 0 Å². The third kappa shape index (κ3) is 10.1. The molecular weight excluding hydrogens is 757 g/mol. The molecule has 0 aliphatic carbocycles. The predicted molar refractivity (Wildman–Crippen MR) is 234 cm³/mol. The Kier molecular flexibility index (Phi) is 14.1. The maximum atomic E-state index is 5.16. The standard InChI is InChI=1S/2C10H11NO.3C9H10N2O/c2*1-7(2)10-8-5-3-4-6-9(8)12-11-10;1-6(2)9-7-5-10-4-3-8(7)12-11-9;1-6(2)8-9-7(12-11-8)4-3-5-10-9;1-6(2)8-7-4-3-5-10-9(7)12-11-8/h2*3-7H,1-2H3;3*3-6H,1-2H3. The van der Waals surface area contributed by atoms with Crippen LogP contribution in [0.1, 0.15) is 127 Å². The van der Waals surface area contributed by atoms with Gasteiger partial charge >= 0.3 is 0 Å². The van der Waals surface area contributed by atoms with Gasteiger partial charge in [-0.2, -0.15) is 0 Å². The normalized spacial score (nSPS) is 11.2. The molecule has 0 aliphatic rings. The van der Waals surface area contributed by atoms with Crippen molar-refractivity contribution in [2.45, 2.75) is 98.8 Å². The van der Waals surface area contributed by atoms with Gasteiger partial charge in [0.25, 0.3) is 5.71 Å². The summed E-state index contributed by atoms with van der Waals surface area (Å²) in [7, 11) is 0. The Morgan fingerprint density at radius 1 is 0.350 bits per heavy atom. The molecular formula is C47H52N8O5. The van der Waals surface area contributed by atoms with E-state index in [4.69, 9.17) is 22.6 Å². The van der Waals surface area contributed by atoms with Gasteiger partial charge in [0.15, 0.2) is 22.3 Å². The Hall–Kier alpha value is -6.76. The van der Waals surface area contributed by atoms with Gasteiger partial charge in [0.1, 0.15) is 11.2 Å². The maximum Gasteiger partial charge on any atom is 0.257 e. The lowest BCUT2D eigenvalue weighted by Crippen LogP contribution is -1.88. The van der Waals surface area contributed by atoms with Gasteiger partial charge in [-0.25, -0.2) is 4.98 Å². The highest BCUT2D eigenvalue weighted by Gasteiger charge is 2.14. The lowest BCUT2D eigenvalue weighted by Gasteiger charge is -1.96. The van der Waals surface area contributed by atoms with Crippen LogP contribution in [0, 0.1) is 0 Å². The number of hydrogen-bond donors (Lipinski definition) is 0. The van der Waals surface area contributed by atoms with E-state index in [9.17, 15) is 0 Å². The summed E-state index contributed by atoms with van der Waals surface area (Å²) in [5.41, 5.74) is 9.84. The molecule has 13 nitrogen and oxygen atoms in total. The molecule has 0 radical (unpaired) electrons. The fraction of sp³-hybridized carbons (Fsp3) is 0.319. The minimum absolute atomic E-state index is 0.362. The molecule has 0 atom stereocenters. The van der Waals surface area contributed by atoms with Crippen LogP contribution >= 0.6 is 0 Å². The highest BCUT2D eigenvalue weighted by Crippen LogP contribution is 2.26. The van der Waals surface area contributed by atoms with Crippen LogP contribution < -0.4 is 0 Å². The highest BCUT2D eigenvalue weighted by molar-refractivity contribution is 5.81. The number of pyridine rings is 3. The summed E-state index contributed by atoms with van der Waals surface area (Å²) < 4.78 is 25.6. The molecule has 13 heteroatoms. The second-order valence-electron chi connectivity index (χ2n) is 15.7. The largest absolute Gasteiger partial charge is 0.356 e. The van der Waals surface area contributed by atoms with E-state index in [1.165, 1.54) is 0 Å². The minimum atomic E-state index is 0.362. The van der Waals surface area contributed by atoms with E-state index in [1.54, 1.807) is 24.8 Å². The smallest absolute Gasteiger partial charge is 0.257 e. The number of benzene rings is 2. The van der Waals surface area contributed by atoms with E-state index in [0.717, 1.165) is 77.9 Å². The zero-order valence-corrected chi connectivity index (χ0v) is 35.8. The predicted octanol–water partition coefficient (Wildman–Crippen LogP) is 12.9. The van der Waals surface area contributed by atoms with E-state index < -0.39 is 0 Å². The lowest BCUT2D eigenvalue weighted by atomic mass is 10.1. The molecule has 0 aliphatic heterocycles. The van der Waals surface area contributed by atoms with Crippen molar-refractivity contribution >= 4 is 55.1 Å². The number of para-hydroxylation sites is 2. The molecule has 0 saturated heterocycles. The topological polar surface area (TPSA) is 169 Å². The van der Waals surface area contributed by atoms with Crippen LogP contribution in [0.15, 0.2) is 126 Å². The minimum Gasteiger partial charge on any atom is -0.356 e. The summed E-state index contributed by atoms with van der Waals surface area (Å²) in [4.78, 5) is 12.3. The number of aromatic nitrogens is 8. The monoisotopic (exact) mass is 808 g/mol. The van der Waals surface area contributed by atoms with Gasteiger partial charge < -0.3 is 22.6 Å². The SMILES string of the molecule is CC(C)c1noc2ccccc12.CC(C)c1noc2ccccc12.CC(C)c1noc2cccnc12.CC(C)c1noc2ccncc12.CC(C)c1noc2ncccc12. The number of hydrogen-bond acceptors (Lipinski definition) is 13. The third-order valence-corrected chi connectivity index (χ3v) is 9.38. The fourth-order valence-corrected chi connectivity index (χ4v) is 6.25. The van der Waals surface area contributed by atoms with Gasteiger partial charge in [0.05, 0.1) is 33.5 Å². The molecule has 10 rings (SSSR count). The van der Waals surface area contributed by atoms with Gasteiger partial charge in [-0.1, -0.05) is 119 Å². The molecule has 0 spiro atoms. The summed E-state index contributed by atoms with van der Waals surface area (Å²) in [6.07, 6.45) is 6.96. The summed E-state index contributed by atoms with van der Waals surface area (Å²) in [5, 5.41) is 24.2. The van der Waals surface area contributed by atoms with E-state index in [0.29, 0.717) is 35.3 Å². The van der Waals surface area contributed by atoms with Gasteiger partial charge in [-0.3, -0.25) is 9.97 Å². The van der Waals surface area contributed by atoms with Crippen LogP contribution in [0.25, 0.3) is 55.1 Å². The van der Waals surface area contributed by atoms with Gasteiger partial charge in [0, 0.05) is 47.5 Å². The first-order chi connectivity index (χ1) is 28.9. The number of nitrogens with zero attached hydrogens (tertiary/aromatic N) is 8. The Morgan fingerprint density at radius 3 is 1.32 bits per heavy atom.